The molecule has 0 aliphatic carbocycles. The highest BCUT2D eigenvalue weighted by atomic mass is 127. The first-order valence-corrected chi connectivity index (χ1v) is 12.3. The Kier molecular flexibility index (Phi) is 12.6. The number of nitrogens with zero attached hydrogens (tertiary/aromatic N) is 3. The van der Waals surface area contributed by atoms with Crippen molar-refractivity contribution in [3.63, 3.8) is 0 Å². The molecule has 2 N–H and O–H groups in total. The van der Waals surface area contributed by atoms with Crippen LogP contribution in [0.25, 0.3) is 0 Å². The molecule has 1 aliphatic rings. The van der Waals surface area contributed by atoms with E-state index in [4.69, 9.17) is 14.1 Å². The van der Waals surface area contributed by atoms with Gasteiger partial charge in [-0.05, 0) is 43.6 Å². The van der Waals surface area contributed by atoms with Gasteiger partial charge in [0.2, 0.25) is 0 Å². The number of halogens is 1. The van der Waals surface area contributed by atoms with Crippen LogP contribution in [0.2, 0.25) is 0 Å². The summed E-state index contributed by atoms with van der Waals surface area (Å²) in [6, 6.07) is 8.80. The van der Waals surface area contributed by atoms with Gasteiger partial charge < -0.3 is 19.8 Å². The number of aliphatic imine (C=N–C) groups is 1. The number of morpholine rings is 1. The van der Waals surface area contributed by atoms with Crippen molar-refractivity contribution in [2.45, 2.75) is 32.9 Å². The lowest BCUT2D eigenvalue weighted by molar-refractivity contribution is 0.0186. The summed E-state index contributed by atoms with van der Waals surface area (Å²) >= 11 is 1.80. The Balaban J connectivity index is 0.00000363. The van der Waals surface area contributed by atoms with Gasteiger partial charge in [-0.15, -0.1) is 35.3 Å². The standard InChI is InChI=1S/C23H37N5O2S.HI/c1-4-24-23(25-17-19(27(5-2)6-3)21-9-7-13-30-21)26-18-20(22-10-8-16-31-22)28-11-14-29-15-12-28;/h7-10,13,16,19-20H,4-6,11-12,14-15,17-18H2,1-3H3,(H2,24,25,26);1H. The van der Waals surface area contributed by atoms with Crippen molar-refractivity contribution in [2.24, 2.45) is 4.99 Å². The zero-order chi connectivity index (χ0) is 21.9. The zero-order valence-corrected chi connectivity index (χ0v) is 22.6. The highest BCUT2D eigenvalue weighted by molar-refractivity contribution is 14.0. The molecule has 0 radical (unpaired) electrons. The minimum atomic E-state index is 0. The SMILES string of the molecule is CCNC(=NCC(c1cccs1)N1CCOCC1)NCC(c1ccco1)N(CC)CC.I. The van der Waals surface area contributed by atoms with E-state index in [1.165, 1.54) is 4.88 Å². The molecule has 2 aromatic rings. The van der Waals surface area contributed by atoms with E-state index in [0.29, 0.717) is 6.54 Å². The maximum Gasteiger partial charge on any atom is 0.191 e. The molecular formula is C23H38IN5O2S. The molecule has 7 nitrogen and oxygen atoms in total. The number of nitrogens with one attached hydrogen (secondary N) is 2. The van der Waals surface area contributed by atoms with Gasteiger partial charge >= 0.3 is 0 Å². The van der Waals surface area contributed by atoms with Crippen LogP contribution in [0.4, 0.5) is 0 Å². The molecule has 0 amide bonds. The van der Waals surface area contributed by atoms with E-state index in [0.717, 1.165) is 64.2 Å². The number of ether oxygens (including phenoxy) is 1. The highest BCUT2D eigenvalue weighted by Gasteiger charge is 2.24. The molecule has 3 rings (SSSR count). The first kappa shape index (κ1) is 27.1. The molecule has 32 heavy (non-hydrogen) atoms. The zero-order valence-electron chi connectivity index (χ0n) is 19.5. The Morgan fingerprint density at radius 3 is 2.53 bits per heavy atom. The molecule has 0 aromatic carbocycles. The van der Waals surface area contributed by atoms with Crippen LogP contribution < -0.4 is 10.6 Å². The number of thiophene rings is 1. The van der Waals surface area contributed by atoms with Crippen molar-refractivity contribution in [1.82, 2.24) is 20.4 Å². The van der Waals surface area contributed by atoms with Crippen molar-refractivity contribution in [3.8, 4) is 0 Å². The van der Waals surface area contributed by atoms with E-state index in [9.17, 15) is 0 Å². The van der Waals surface area contributed by atoms with Crippen LogP contribution in [-0.4, -0.2) is 74.8 Å². The summed E-state index contributed by atoms with van der Waals surface area (Å²) in [6.07, 6.45) is 1.75. The van der Waals surface area contributed by atoms with Gasteiger partial charge in [0.1, 0.15) is 5.76 Å². The third kappa shape index (κ3) is 7.72. The van der Waals surface area contributed by atoms with Gasteiger partial charge in [-0.3, -0.25) is 14.8 Å². The summed E-state index contributed by atoms with van der Waals surface area (Å²) < 4.78 is 11.3. The van der Waals surface area contributed by atoms with E-state index in [1.807, 2.05) is 6.07 Å². The van der Waals surface area contributed by atoms with Crippen LogP contribution in [0.15, 0.2) is 45.3 Å². The van der Waals surface area contributed by atoms with Gasteiger partial charge in [0.15, 0.2) is 5.96 Å². The van der Waals surface area contributed by atoms with Gasteiger partial charge in [0.25, 0.3) is 0 Å². The normalized spacial score (nSPS) is 17.1. The molecule has 1 aliphatic heterocycles. The van der Waals surface area contributed by atoms with Gasteiger partial charge in [0, 0.05) is 31.1 Å². The second-order valence-electron chi connectivity index (χ2n) is 7.53. The maximum atomic E-state index is 5.74. The van der Waals surface area contributed by atoms with Crippen LogP contribution >= 0.6 is 35.3 Å². The number of guanidine groups is 1. The van der Waals surface area contributed by atoms with Crippen LogP contribution in [0, 0.1) is 0 Å². The number of hydrogen-bond donors (Lipinski definition) is 2. The molecule has 1 saturated heterocycles. The van der Waals surface area contributed by atoms with Crippen molar-refractivity contribution >= 4 is 41.3 Å². The molecular weight excluding hydrogens is 537 g/mol. The maximum absolute atomic E-state index is 5.74. The first-order chi connectivity index (χ1) is 15.3. The lowest BCUT2D eigenvalue weighted by atomic mass is 10.2. The van der Waals surface area contributed by atoms with Crippen LogP contribution in [0.1, 0.15) is 43.5 Å². The lowest BCUT2D eigenvalue weighted by Crippen LogP contribution is -2.44. The Labute approximate surface area is 213 Å². The smallest absolute Gasteiger partial charge is 0.191 e. The summed E-state index contributed by atoms with van der Waals surface area (Å²) in [7, 11) is 0. The third-order valence-electron chi connectivity index (χ3n) is 5.71. The fourth-order valence-electron chi connectivity index (χ4n) is 4.02. The average molecular weight is 576 g/mol. The van der Waals surface area contributed by atoms with E-state index in [2.05, 4.69) is 64.8 Å². The van der Waals surface area contributed by atoms with E-state index in [-0.39, 0.29) is 36.1 Å². The largest absolute Gasteiger partial charge is 0.468 e. The summed E-state index contributed by atoms with van der Waals surface area (Å²) in [5.41, 5.74) is 0. The Bertz CT molecular complexity index is 747. The first-order valence-electron chi connectivity index (χ1n) is 11.4. The van der Waals surface area contributed by atoms with Crippen LogP contribution in [-0.2, 0) is 4.74 Å². The molecule has 9 heteroatoms. The monoisotopic (exact) mass is 575 g/mol. The van der Waals surface area contributed by atoms with E-state index < -0.39 is 0 Å². The summed E-state index contributed by atoms with van der Waals surface area (Å²) in [5.74, 6) is 1.83. The molecule has 2 unspecified atom stereocenters. The van der Waals surface area contributed by atoms with Gasteiger partial charge in [-0.25, -0.2) is 0 Å². The van der Waals surface area contributed by atoms with Crippen molar-refractivity contribution in [1.29, 1.82) is 0 Å². The van der Waals surface area contributed by atoms with Crippen molar-refractivity contribution in [3.05, 3.63) is 46.5 Å². The molecule has 2 aromatic heterocycles. The highest BCUT2D eigenvalue weighted by Crippen LogP contribution is 2.26. The predicted molar refractivity (Wildman–Crippen MR) is 143 cm³/mol. The molecule has 1 fully saturated rings. The van der Waals surface area contributed by atoms with Crippen molar-refractivity contribution < 1.29 is 9.15 Å². The third-order valence-corrected chi connectivity index (χ3v) is 6.69. The molecule has 180 valence electrons. The second-order valence-corrected chi connectivity index (χ2v) is 8.51. The Morgan fingerprint density at radius 2 is 1.94 bits per heavy atom. The second kappa shape index (κ2) is 14.9. The number of hydrogen-bond acceptors (Lipinski definition) is 6. The summed E-state index contributed by atoms with van der Waals surface area (Å²) in [6.45, 7) is 14.2. The van der Waals surface area contributed by atoms with Gasteiger partial charge in [0.05, 0.1) is 38.1 Å². The van der Waals surface area contributed by atoms with E-state index >= 15 is 0 Å². The molecule has 0 spiro atoms. The molecule has 0 bridgehead atoms. The van der Waals surface area contributed by atoms with E-state index in [1.54, 1.807) is 17.6 Å². The fourth-order valence-corrected chi connectivity index (χ4v) is 4.88. The average Bonchev–Trinajstić information content (AvgIpc) is 3.52. The summed E-state index contributed by atoms with van der Waals surface area (Å²) in [4.78, 5) is 11.2. The molecule has 2 atom stereocenters. The lowest BCUT2D eigenvalue weighted by Gasteiger charge is -2.33. The number of furan rings is 1. The quantitative estimate of drug-likeness (QED) is 0.240. The Hall–Kier alpha value is -1.14. The summed E-state index contributed by atoms with van der Waals surface area (Å²) in [5, 5.41) is 9.12. The van der Waals surface area contributed by atoms with Gasteiger partial charge in [-0.1, -0.05) is 19.9 Å². The molecule has 0 saturated carbocycles. The van der Waals surface area contributed by atoms with Crippen LogP contribution in [0.3, 0.4) is 0 Å². The number of rotatable bonds is 11. The minimum Gasteiger partial charge on any atom is -0.468 e. The minimum absolute atomic E-state index is 0. The van der Waals surface area contributed by atoms with Crippen LogP contribution in [0.5, 0.6) is 0 Å². The fraction of sp³-hybridized carbons (Fsp3) is 0.609. The molecule has 3 heterocycles. The van der Waals surface area contributed by atoms with Gasteiger partial charge in [-0.2, -0.15) is 0 Å². The predicted octanol–water partition coefficient (Wildman–Crippen LogP) is 3.97. The topological polar surface area (TPSA) is 65.3 Å². The van der Waals surface area contributed by atoms with Crippen molar-refractivity contribution in [2.75, 3.05) is 59.0 Å². The number of likely N-dealkylation sites (N-methyl/N-ethyl adjacent to an activating group) is 1. The Morgan fingerprint density at radius 1 is 1.16 bits per heavy atom.